The van der Waals surface area contributed by atoms with Crippen LogP contribution in [0.2, 0.25) is 5.15 Å². The highest BCUT2D eigenvalue weighted by atomic mass is 35.5. The lowest BCUT2D eigenvalue weighted by molar-refractivity contribution is -0.143. The molecule has 1 N–H and O–H groups in total. The Labute approximate surface area is 196 Å². The first-order valence-electron chi connectivity index (χ1n) is 11.3. The SMILES string of the molecule is CCOC(=O)CC1[C@H]2CN(C(=O)c3cc4nc(Cl)cc(N[C@@H](C)c5ccccc5)n4n3)C[C@@H]12. The molecule has 1 amide bonds. The van der Waals surface area contributed by atoms with Crippen LogP contribution in [0.15, 0.2) is 42.5 Å². The van der Waals surface area contributed by atoms with Gasteiger partial charge in [0.25, 0.3) is 5.91 Å². The highest BCUT2D eigenvalue weighted by Crippen LogP contribution is 2.53. The van der Waals surface area contributed by atoms with Crippen LogP contribution in [0.25, 0.3) is 5.65 Å². The van der Waals surface area contributed by atoms with Gasteiger partial charge in [-0.2, -0.15) is 9.61 Å². The molecule has 1 unspecified atom stereocenters. The van der Waals surface area contributed by atoms with Crippen molar-refractivity contribution in [2.75, 3.05) is 25.0 Å². The van der Waals surface area contributed by atoms with Crippen molar-refractivity contribution in [1.29, 1.82) is 0 Å². The Morgan fingerprint density at radius 2 is 1.94 bits per heavy atom. The molecular weight excluding hydrogens is 442 g/mol. The number of anilines is 1. The zero-order valence-corrected chi connectivity index (χ0v) is 19.3. The van der Waals surface area contributed by atoms with E-state index in [0.29, 0.717) is 66.2 Å². The van der Waals surface area contributed by atoms with Gasteiger partial charge in [-0.1, -0.05) is 41.9 Å². The van der Waals surface area contributed by atoms with Gasteiger partial charge in [-0.15, -0.1) is 0 Å². The van der Waals surface area contributed by atoms with Crippen LogP contribution >= 0.6 is 11.6 Å². The summed E-state index contributed by atoms with van der Waals surface area (Å²) in [6.07, 6.45) is 0.441. The molecule has 9 heteroatoms. The van der Waals surface area contributed by atoms with E-state index in [4.69, 9.17) is 16.3 Å². The Balaban J connectivity index is 1.30. The van der Waals surface area contributed by atoms with Crippen LogP contribution in [0.3, 0.4) is 0 Å². The van der Waals surface area contributed by atoms with Gasteiger partial charge in [-0.3, -0.25) is 9.59 Å². The number of amides is 1. The molecule has 1 saturated heterocycles. The summed E-state index contributed by atoms with van der Waals surface area (Å²) in [4.78, 5) is 31.0. The van der Waals surface area contributed by atoms with Crippen LogP contribution in [0, 0.1) is 17.8 Å². The minimum Gasteiger partial charge on any atom is -0.466 e. The lowest BCUT2D eigenvalue weighted by Crippen LogP contribution is -2.32. The molecule has 2 aromatic heterocycles. The smallest absolute Gasteiger partial charge is 0.306 e. The predicted molar refractivity (Wildman–Crippen MR) is 124 cm³/mol. The molecule has 0 bridgehead atoms. The van der Waals surface area contributed by atoms with Crippen molar-refractivity contribution in [1.82, 2.24) is 19.5 Å². The quantitative estimate of drug-likeness (QED) is 0.419. The fourth-order valence-electron chi connectivity index (χ4n) is 4.89. The molecule has 4 atom stereocenters. The van der Waals surface area contributed by atoms with Crippen molar-refractivity contribution >= 4 is 34.9 Å². The van der Waals surface area contributed by atoms with Crippen LogP contribution < -0.4 is 5.32 Å². The number of likely N-dealkylation sites (tertiary alicyclic amines) is 1. The number of nitrogens with one attached hydrogen (secondary N) is 1. The second kappa shape index (κ2) is 8.67. The molecule has 1 aliphatic carbocycles. The van der Waals surface area contributed by atoms with Gasteiger partial charge in [0.1, 0.15) is 11.0 Å². The van der Waals surface area contributed by atoms with Gasteiger partial charge in [-0.25, -0.2) is 4.98 Å². The fraction of sp³-hybridized carbons (Fsp3) is 0.417. The van der Waals surface area contributed by atoms with Crippen molar-refractivity contribution in [3.8, 4) is 0 Å². The molecule has 172 valence electrons. The van der Waals surface area contributed by atoms with Gasteiger partial charge in [-0.05, 0) is 37.2 Å². The molecule has 2 aliphatic rings. The third-order valence-electron chi connectivity index (χ3n) is 6.65. The van der Waals surface area contributed by atoms with E-state index in [1.807, 2.05) is 49.1 Å². The van der Waals surface area contributed by atoms with Gasteiger partial charge >= 0.3 is 5.97 Å². The number of halogens is 1. The number of aromatic nitrogens is 3. The first kappa shape index (κ1) is 21.7. The molecule has 3 aromatic rings. The number of carbonyl (C=O) groups excluding carboxylic acids is 2. The first-order chi connectivity index (χ1) is 15.9. The summed E-state index contributed by atoms with van der Waals surface area (Å²) >= 11 is 6.25. The second-order valence-electron chi connectivity index (χ2n) is 8.75. The lowest BCUT2D eigenvalue weighted by Gasteiger charge is -2.18. The summed E-state index contributed by atoms with van der Waals surface area (Å²) in [5.74, 6) is 1.45. The number of rotatable bonds is 7. The Morgan fingerprint density at radius 3 is 2.64 bits per heavy atom. The highest BCUT2D eigenvalue weighted by Gasteiger charge is 2.57. The lowest BCUT2D eigenvalue weighted by atomic mass is 10.1. The standard InChI is InChI=1S/C24H26ClN5O3/c1-3-33-23(31)9-16-17-12-29(13-18(16)17)24(32)19-10-21-27-20(25)11-22(30(21)28-19)26-14(2)15-7-5-4-6-8-15/h4-8,10-11,14,16-18,26H,3,9,12-13H2,1-2H3/t14-,16?,17-,18+/m0/s1. The normalized spacial score (nSPS) is 22.2. The van der Waals surface area contributed by atoms with Crippen molar-refractivity contribution < 1.29 is 14.3 Å². The number of hydrogen-bond acceptors (Lipinski definition) is 6. The summed E-state index contributed by atoms with van der Waals surface area (Å²) in [6.45, 7) is 5.55. The van der Waals surface area contributed by atoms with E-state index >= 15 is 0 Å². The van der Waals surface area contributed by atoms with Crippen molar-refractivity contribution in [3.63, 3.8) is 0 Å². The number of hydrogen-bond donors (Lipinski definition) is 1. The predicted octanol–water partition coefficient (Wildman–Crippen LogP) is 3.83. The molecule has 2 fully saturated rings. The number of benzene rings is 1. The van der Waals surface area contributed by atoms with E-state index in [2.05, 4.69) is 15.4 Å². The van der Waals surface area contributed by atoms with E-state index in [1.54, 1.807) is 16.6 Å². The van der Waals surface area contributed by atoms with E-state index in [1.165, 1.54) is 0 Å². The molecular formula is C24H26ClN5O3. The molecule has 3 heterocycles. The maximum absolute atomic E-state index is 13.1. The first-order valence-corrected chi connectivity index (χ1v) is 11.6. The largest absolute Gasteiger partial charge is 0.466 e. The minimum atomic E-state index is -0.150. The maximum atomic E-state index is 13.1. The number of nitrogens with zero attached hydrogens (tertiary/aromatic N) is 4. The van der Waals surface area contributed by atoms with Crippen molar-refractivity contribution in [3.05, 3.63) is 58.9 Å². The zero-order valence-electron chi connectivity index (χ0n) is 18.6. The molecule has 8 nitrogen and oxygen atoms in total. The second-order valence-corrected chi connectivity index (χ2v) is 9.14. The van der Waals surface area contributed by atoms with Gasteiger partial charge in [0.2, 0.25) is 0 Å². The number of fused-ring (bicyclic) bond motifs is 2. The molecule has 1 aliphatic heterocycles. The van der Waals surface area contributed by atoms with Crippen molar-refractivity contribution in [2.45, 2.75) is 26.3 Å². The highest BCUT2D eigenvalue weighted by molar-refractivity contribution is 6.29. The summed E-state index contributed by atoms with van der Waals surface area (Å²) in [7, 11) is 0. The van der Waals surface area contributed by atoms with Gasteiger partial charge in [0.15, 0.2) is 11.3 Å². The Hall–Kier alpha value is -3.13. The van der Waals surface area contributed by atoms with E-state index in [-0.39, 0.29) is 17.9 Å². The molecule has 1 saturated carbocycles. The van der Waals surface area contributed by atoms with Crippen LogP contribution in [0.4, 0.5) is 5.82 Å². The van der Waals surface area contributed by atoms with Crippen LogP contribution in [-0.2, 0) is 9.53 Å². The topological polar surface area (TPSA) is 88.8 Å². The Kier molecular flexibility index (Phi) is 5.70. The Bertz CT molecular complexity index is 1190. The third-order valence-corrected chi connectivity index (χ3v) is 6.84. The minimum absolute atomic E-state index is 0.0123. The molecule has 33 heavy (non-hydrogen) atoms. The summed E-state index contributed by atoms with van der Waals surface area (Å²) in [5.41, 5.74) is 1.97. The van der Waals surface area contributed by atoms with Crippen molar-refractivity contribution in [2.24, 2.45) is 17.8 Å². The van der Waals surface area contributed by atoms with Gasteiger partial charge in [0.05, 0.1) is 6.61 Å². The number of esters is 1. The van der Waals surface area contributed by atoms with Crippen LogP contribution in [0.1, 0.15) is 42.4 Å². The summed E-state index contributed by atoms with van der Waals surface area (Å²) in [6, 6.07) is 13.4. The number of piperidine rings is 1. The number of ether oxygens (including phenoxy) is 1. The van der Waals surface area contributed by atoms with Gasteiger partial charge < -0.3 is 15.0 Å². The number of carbonyl (C=O) groups is 2. The van der Waals surface area contributed by atoms with Gasteiger partial charge in [0, 0.05) is 37.7 Å². The molecule has 0 spiro atoms. The van der Waals surface area contributed by atoms with Crippen LogP contribution in [0.5, 0.6) is 0 Å². The third kappa shape index (κ3) is 4.27. The zero-order chi connectivity index (χ0) is 23.1. The average molecular weight is 468 g/mol. The Morgan fingerprint density at radius 1 is 1.21 bits per heavy atom. The monoisotopic (exact) mass is 467 g/mol. The van der Waals surface area contributed by atoms with E-state index in [9.17, 15) is 9.59 Å². The summed E-state index contributed by atoms with van der Waals surface area (Å²) < 4.78 is 6.68. The van der Waals surface area contributed by atoms with E-state index < -0.39 is 0 Å². The average Bonchev–Trinajstić information content (AvgIpc) is 3.15. The maximum Gasteiger partial charge on any atom is 0.306 e. The van der Waals surface area contributed by atoms with E-state index in [0.717, 1.165) is 5.56 Å². The molecule has 5 rings (SSSR count). The fourth-order valence-corrected chi connectivity index (χ4v) is 5.08. The molecule has 0 radical (unpaired) electrons. The summed E-state index contributed by atoms with van der Waals surface area (Å²) in [5, 5.41) is 8.29. The van der Waals surface area contributed by atoms with Crippen LogP contribution in [-0.4, -0.2) is 51.1 Å². The molecule has 1 aromatic carbocycles.